The van der Waals surface area contributed by atoms with Crippen LogP contribution < -0.4 is 0 Å². The Morgan fingerprint density at radius 1 is 0.371 bits per heavy atom. The van der Waals surface area contributed by atoms with E-state index in [0.717, 1.165) is 23.0 Å². The lowest BCUT2D eigenvalue weighted by molar-refractivity contribution is 0.514. The molecule has 0 spiro atoms. The largest absolute Gasteiger partial charge is 0.218 e. The first-order valence-corrected chi connectivity index (χ1v) is 19.3. The molecule has 0 aliphatic heterocycles. The molecule has 0 aromatic carbocycles. The summed E-state index contributed by atoms with van der Waals surface area (Å²) in [5.41, 5.74) is 0. The highest BCUT2D eigenvalue weighted by molar-refractivity contribution is 8.71. The SMILES string of the molecule is CCCCCCCCCCCCCCCCCCCCCCCCCCCCCCSS(C)(=O)=O. The maximum Gasteiger partial charge on any atom is 0.198 e. The van der Waals surface area contributed by atoms with Gasteiger partial charge in [0.2, 0.25) is 0 Å². The van der Waals surface area contributed by atoms with Crippen molar-refractivity contribution in [3.05, 3.63) is 0 Å². The average molecular weight is 533 g/mol. The smallest absolute Gasteiger partial charge is 0.198 e. The van der Waals surface area contributed by atoms with Crippen molar-refractivity contribution >= 4 is 19.7 Å². The maximum absolute atomic E-state index is 11.0. The highest BCUT2D eigenvalue weighted by Gasteiger charge is 2.01. The lowest BCUT2D eigenvalue weighted by atomic mass is 10.0. The van der Waals surface area contributed by atoms with Crippen LogP contribution in [0.15, 0.2) is 0 Å². The van der Waals surface area contributed by atoms with Crippen molar-refractivity contribution in [2.75, 3.05) is 12.0 Å². The van der Waals surface area contributed by atoms with Crippen LogP contribution >= 0.6 is 10.8 Å². The lowest BCUT2D eigenvalue weighted by Crippen LogP contribution is -1.91. The van der Waals surface area contributed by atoms with E-state index in [4.69, 9.17) is 0 Å². The molecule has 0 saturated carbocycles. The van der Waals surface area contributed by atoms with E-state index in [1.807, 2.05) is 0 Å². The Bertz CT molecular complexity index is 490. The molecule has 0 aromatic heterocycles. The van der Waals surface area contributed by atoms with E-state index in [0.29, 0.717) is 0 Å². The van der Waals surface area contributed by atoms with Gasteiger partial charge in [0.25, 0.3) is 0 Å². The Balaban J connectivity index is 3.04. The van der Waals surface area contributed by atoms with Crippen LogP contribution in [-0.2, 0) is 8.87 Å². The number of hydrogen-bond acceptors (Lipinski definition) is 3. The lowest BCUT2D eigenvalue weighted by Gasteiger charge is -2.04. The van der Waals surface area contributed by atoms with E-state index in [1.54, 1.807) is 0 Å². The Kier molecular flexibility index (Phi) is 29.1. The number of rotatable bonds is 30. The molecule has 0 N–H and O–H groups in total. The molecule has 0 aromatic rings. The van der Waals surface area contributed by atoms with Gasteiger partial charge in [0, 0.05) is 12.0 Å². The summed E-state index contributed by atoms with van der Waals surface area (Å²) in [6.07, 6.45) is 40.8. The van der Waals surface area contributed by atoms with Gasteiger partial charge in [-0.05, 0) is 17.2 Å². The van der Waals surface area contributed by atoms with Crippen molar-refractivity contribution in [2.45, 2.75) is 187 Å². The quantitative estimate of drug-likeness (QED) is 0.0681. The average Bonchev–Trinajstić information content (AvgIpc) is 2.82. The van der Waals surface area contributed by atoms with Crippen LogP contribution in [0.4, 0.5) is 0 Å². The van der Waals surface area contributed by atoms with Gasteiger partial charge in [-0.3, -0.25) is 0 Å². The second kappa shape index (κ2) is 28.9. The summed E-state index contributed by atoms with van der Waals surface area (Å²) in [6.45, 7) is 2.30. The van der Waals surface area contributed by atoms with Gasteiger partial charge in [0.15, 0.2) is 8.87 Å². The van der Waals surface area contributed by atoms with Crippen molar-refractivity contribution in [2.24, 2.45) is 0 Å². The highest BCUT2D eigenvalue weighted by Crippen LogP contribution is 2.17. The summed E-state index contributed by atoms with van der Waals surface area (Å²) >= 11 is 0. The standard InChI is InChI=1S/C31H64O2S2/c1-3-4-5-6-7-8-9-10-11-12-13-14-15-16-17-18-19-20-21-22-23-24-25-26-27-28-29-30-31-34-35(2,32)33/h3-31H2,1-2H3. The second-order valence-corrected chi connectivity index (χ2v) is 15.6. The fourth-order valence-electron chi connectivity index (χ4n) is 4.98. The fraction of sp³-hybridized carbons (Fsp3) is 1.00. The van der Waals surface area contributed by atoms with E-state index in [9.17, 15) is 8.42 Å². The molecule has 0 amide bonds. The molecule has 0 fully saturated rings. The van der Waals surface area contributed by atoms with Crippen LogP contribution in [0.1, 0.15) is 187 Å². The van der Waals surface area contributed by atoms with Crippen LogP contribution in [0.3, 0.4) is 0 Å². The predicted molar refractivity (Wildman–Crippen MR) is 162 cm³/mol. The van der Waals surface area contributed by atoms with Crippen molar-refractivity contribution in [1.29, 1.82) is 0 Å². The molecule has 0 bridgehead atoms. The fourth-order valence-corrected chi connectivity index (χ4v) is 6.87. The van der Waals surface area contributed by atoms with Crippen molar-refractivity contribution < 1.29 is 8.42 Å². The minimum atomic E-state index is -2.84. The summed E-state index contributed by atoms with van der Waals surface area (Å²) in [5.74, 6) is 0.762. The molecule has 0 rings (SSSR count). The molecule has 0 aliphatic rings. The van der Waals surface area contributed by atoms with Crippen molar-refractivity contribution in [3.8, 4) is 0 Å². The van der Waals surface area contributed by atoms with E-state index in [-0.39, 0.29) is 0 Å². The molecular formula is C31H64O2S2. The van der Waals surface area contributed by atoms with Gasteiger partial charge in [0.05, 0.1) is 0 Å². The molecule has 0 aliphatic carbocycles. The predicted octanol–water partition coefficient (Wildman–Crippen LogP) is 11.6. The first-order chi connectivity index (χ1) is 17.1. The van der Waals surface area contributed by atoms with E-state index < -0.39 is 8.87 Å². The number of unbranched alkanes of at least 4 members (excludes halogenated alkanes) is 27. The molecule has 0 radical (unpaired) electrons. The van der Waals surface area contributed by atoms with Gasteiger partial charge in [-0.2, -0.15) is 0 Å². The van der Waals surface area contributed by atoms with E-state index in [1.165, 1.54) is 180 Å². The Morgan fingerprint density at radius 3 is 0.771 bits per heavy atom. The van der Waals surface area contributed by atoms with Gasteiger partial charge in [-0.15, -0.1) is 0 Å². The van der Waals surface area contributed by atoms with E-state index >= 15 is 0 Å². The molecular weight excluding hydrogens is 468 g/mol. The Hall–Kier alpha value is 0.300. The topological polar surface area (TPSA) is 34.1 Å². The van der Waals surface area contributed by atoms with Gasteiger partial charge >= 0.3 is 0 Å². The van der Waals surface area contributed by atoms with Crippen LogP contribution in [0, 0.1) is 0 Å². The van der Waals surface area contributed by atoms with Crippen molar-refractivity contribution in [3.63, 3.8) is 0 Å². The van der Waals surface area contributed by atoms with Gasteiger partial charge in [-0.1, -0.05) is 180 Å². The molecule has 0 saturated heterocycles. The molecule has 0 atom stereocenters. The zero-order chi connectivity index (χ0) is 25.7. The minimum absolute atomic E-state index is 0.762. The van der Waals surface area contributed by atoms with Crippen molar-refractivity contribution in [1.82, 2.24) is 0 Å². The monoisotopic (exact) mass is 532 g/mol. The first-order valence-electron chi connectivity index (χ1n) is 15.9. The third kappa shape index (κ3) is 34.3. The molecule has 0 heterocycles. The van der Waals surface area contributed by atoms with E-state index in [2.05, 4.69) is 6.92 Å². The van der Waals surface area contributed by atoms with Crippen LogP contribution in [0.2, 0.25) is 0 Å². The number of hydrogen-bond donors (Lipinski definition) is 0. The zero-order valence-electron chi connectivity index (χ0n) is 24.1. The Morgan fingerprint density at radius 2 is 0.571 bits per heavy atom. The third-order valence-corrected chi connectivity index (χ3v) is 9.96. The molecule has 4 heteroatoms. The highest BCUT2D eigenvalue weighted by atomic mass is 33.1. The second-order valence-electron chi connectivity index (χ2n) is 11.1. The summed E-state index contributed by atoms with van der Waals surface area (Å²) in [4.78, 5) is 0. The molecule has 0 unspecified atom stereocenters. The van der Waals surface area contributed by atoms with Gasteiger partial charge < -0.3 is 0 Å². The summed E-state index contributed by atoms with van der Waals surface area (Å²) < 4.78 is 22.1. The minimum Gasteiger partial charge on any atom is -0.218 e. The zero-order valence-corrected chi connectivity index (χ0v) is 25.8. The van der Waals surface area contributed by atoms with Crippen LogP contribution in [0.25, 0.3) is 0 Å². The first kappa shape index (κ1) is 35.3. The Labute approximate surface area is 226 Å². The third-order valence-electron chi connectivity index (χ3n) is 7.30. The van der Waals surface area contributed by atoms with Crippen LogP contribution in [0.5, 0.6) is 0 Å². The van der Waals surface area contributed by atoms with Gasteiger partial charge in [0.1, 0.15) is 0 Å². The molecule has 212 valence electrons. The maximum atomic E-state index is 11.0. The summed E-state index contributed by atoms with van der Waals surface area (Å²) in [7, 11) is -1.74. The summed E-state index contributed by atoms with van der Waals surface area (Å²) in [6, 6.07) is 0. The molecule has 35 heavy (non-hydrogen) atoms. The summed E-state index contributed by atoms with van der Waals surface area (Å²) in [5, 5.41) is 0. The van der Waals surface area contributed by atoms with Crippen LogP contribution in [-0.4, -0.2) is 20.4 Å². The van der Waals surface area contributed by atoms with Gasteiger partial charge in [-0.25, -0.2) is 8.42 Å². The normalized spacial score (nSPS) is 11.9. The molecule has 2 nitrogen and oxygen atoms in total.